The van der Waals surface area contributed by atoms with E-state index in [1.54, 1.807) is 18.2 Å². The summed E-state index contributed by atoms with van der Waals surface area (Å²) in [6.07, 6.45) is 0. The molecule has 1 aliphatic rings. The van der Waals surface area contributed by atoms with E-state index in [0.717, 1.165) is 4.90 Å². The molecule has 0 amide bonds. The molecule has 0 atom stereocenters. The Bertz CT molecular complexity index is 596. The fourth-order valence-corrected chi connectivity index (χ4v) is 2.63. The first kappa shape index (κ1) is 12.1. The molecule has 1 heterocycles. The van der Waals surface area contributed by atoms with Crippen molar-refractivity contribution in [1.29, 1.82) is 0 Å². The van der Waals surface area contributed by atoms with E-state index < -0.39 is 0 Å². The van der Waals surface area contributed by atoms with Crippen molar-refractivity contribution in [2.45, 2.75) is 4.90 Å². The minimum Gasteiger partial charge on any atom is -0.454 e. The smallest absolute Gasteiger partial charge is 0.231 e. The SMILES string of the molecule is O=C(CSc1ccccc1)c1ccc2c(c1)OCO2. The monoisotopic (exact) mass is 272 g/mol. The van der Waals surface area contributed by atoms with Crippen LogP contribution in [-0.4, -0.2) is 18.3 Å². The van der Waals surface area contributed by atoms with Crippen LogP contribution in [0.3, 0.4) is 0 Å². The molecule has 0 aliphatic carbocycles. The average Bonchev–Trinajstić information content (AvgIpc) is 2.93. The number of benzene rings is 2. The van der Waals surface area contributed by atoms with Gasteiger partial charge in [0, 0.05) is 10.5 Å². The molecule has 0 aromatic heterocycles. The number of Topliss-reactive ketones (excluding diaryl/α,β-unsaturated/α-hetero) is 1. The fourth-order valence-electron chi connectivity index (χ4n) is 1.82. The lowest BCUT2D eigenvalue weighted by molar-refractivity contribution is 0.102. The third-order valence-corrected chi connectivity index (χ3v) is 3.82. The van der Waals surface area contributed by atoms with Gasteiger partial charge in [0.2, 0.25) is 6.79 Å². The zero-order chi connectivity index (χ0) is 13.1. The molecule has 0 saturated heterocycles. The van der Waals surface area contributed by atoms with Crippen molar-refractivity contribution >= 4 is 17.5 Å². The van der Waals surface area contributed by atoms with Crippen molar-refractivity contribution in [2.75, 3.05) is 12.5 Å². The van der Waals surface area contributed by atoms with Crippen molar-refractivity contribution in [2.24, 2.45) is 0 Å². The summed E-state index contributed by atoms with van der Waals surface area (Å²) in [5.41, 5.74) is 0.660. The summed E-state index contributed by atoms with van der Waals surface area (Å²) in [5, 5.41) is 0. The highest BCUT2D eigenvalue weighted by Crippen LogP contribution is 2.33. The van der Waals surface area contributed by atoms with E-state index in [1.807, 2.05) is 30.3 Å². The average molecular weight is 272 g/mol. The Morgan fingerprint density at radius 2 is 1.84 bits per heavy atom. The number of ketones is 1. The lowest BCUT2D eigenvalue weighted by Crippen LogP contribution is -2.02. The van der Waals surface area contributed by atoms with Gasteiger partial charge in [0.15, 0.2) is 17.3 Å². The summed E-state index contributed by atoms with van der Waals surface area (Å²) in [7, 11) is 0. The van der Waals surface area contributed by atoms with Crippen LogP contribution in [-0.2, 0) is 0 Å². The van der Waals surface area contributed by atoms with Gasteiger partial charge in [-0.25, -0.2) is 0 Å². The molecule has 0 N–H and O–H groups in total. The molecule has 0 spiro atoms. The highest BCUT2D eigenvalue weighted by atomic mass is 32.2. The van der Waals surface area contributed by atoms with E-state index >= 15 is 0 Å². The molecule has 0 unspecified atom stereocenters. The Kier molecular flexibility index (Phi) is 3.42. The highest BCUT2D eigenvalue weighted by molar-refractivity contribution is 8.00. The largest absolute Gasteiger partial charge is 0.454 e. The molecule has 19 heavy (non-hydrogen) atoms. The number of hydrogen-bond donors (Lipinski definition) is 0. The molecule has 0 fully saturated rings. The van der Waals surface area contributed by atoms with Crippen LogP contribution in [0, 0.1) is 0 Å². The van der Waals surface area contributed by atoms with Crippen LogP contribution in [0.4, 0.5) is 0 Å². The predicted molar refractivity (Wildman–Crippen MR) is 74.1 cm³/mol. The second-order valence-electron chi connectivity index (χ2n) is 4.09. The van der Waals surface area contributed by atoms with Crippen LogP contribution in [0.5, 0.6) is 11.5 Å². The molecule has 0 saturated carbocycles. The maximum absolute atomic E-state index is 12.1. The Labute approximate surface area is 115 Å². The van der Waals surface area contributed by atoms with E-state index in [4.69, 9.17) is 9.47 Å². The summed E-state index contributed by atoms with van der Waals surface area (Å²) < 4.78 is 10.5. The minimum absolute atomic E-state index is 0.0900. The Balaban J connectivity index is 1.67. The molecular formula is C15H12O3S. The van der Waals surface area contributed by atoms with Crippen LogP contribution >= 0.6 is 11.8 Å². The number of carbonyl (C=O) groups is 1. The van der Waals surface area contributed by atoms with Crippen LogP contribution in [0.2, 0.25) is 0 Å². The van der Waals surface area contributed by atoms with E-state index in [-0.39, 0.29) is 12.6 Å². The maximum atomic E-state index is 12.1. The maximum Gasteiger partial charge on any atom is 0.231 e. The van der Waals surface area contributed by atoms with Gasteiger partial charge < -0.3 is 9.47 Å². The summed E-state index contributed by atoms with van der Waals surface area (Å²) in [4.78, 5) is 13.2. The molecule has 1 aliphatic heterocycles. The van der Waals surface area contributed by atoms with Crippen molar-refractivity contribution in [3.63, 3.8) is 0 Å². The van der Waals surface area contributed by atoms with Gasteiger partial charge in [-0.3, -0.25) is 4.79 Å². The lowest BCUT2D eigenvalue weighted by Gasteiger charge is -2.03. The van der Waals surface area contributed by atoms with Gasteiger partial charge in [-0.15, -0.1) is 11.8 Å². The minimum atomic E-state index is 0.0900. The standard InChI is InChI=1S/C15H12O3S/c16-13(9-19-12-4-2-1-3-5-12)11-6-7-14-15(8-11)18-10-17-14/h1-8H,9-10H2. The molecule has 3 rings (SSSR count). The van der Waals surface area contributed by atoms with E-state index in [0.29, 0.717) is 22.8 Å². The van der Waals surface area contributed by atoms with Gasteiger partial charge >= 0.3 is 0 Å². The Hall–Kier alpha value is -1.94. The third-order valence-electron chi connectivity index (χ3n) is 2.81. The Morgan fingerprint density at radius 3 is 2.68 bits per heavy atom. The molecule has 3 nitrogen and oxygen atoms in total. The molecular weight excluding hydrogens is 260 g/mol. The van der Waals surface area contributed by atoms with Crippen molar-refractivity contribution in [3.8, 4) is 11.5 Å². The van der Waals surface area contributed by atoms with E-state index in [9.17, 15) is 4.79 Å². The zero-order valence-corrected chi connectivity index (χ0v) is 11.0. The first-order chi connectivity index (χ1) is 9.33. The molecule has 4 heteroatoms. The molecule has 2 aromatic rings. The molecule has 2 aromatic carbocycles. The normalized spacial score (nSPS) is 12.4. The summed E-state index contributed by atoms with van der Waals surface area (Å²) >= 11 is 1.54. The number of ether oxygens (including phenoxy) is 2. The van der Waals surface area contributed by atoms with Gasteiger partial charge in [-0.05, 0) is 30.3 Å². The number of carbonyl (C=O) groups excluding carboxylic acids is 1. The summed E-state index contributed by atoms with van der Waals surface area (Å²) in [6.45, 7) is 0.228. The highest BCUT2D eigenvalue weighted by Gasteiger charge is 2.16. The van der Waals surface area contributed by atoms with E-state index in [1.165, 1.54) is 11.8 Å². The fraction of sp³-hybridized carbons (Fsp3) is 0.133. The summed E-state index contributed by atoms with van der Waals surface area (Å²) in [6, 6.07) is 15.2. The molecule has 0 bridgehead atoms. The van der Waals surface area contributed by atoms with Crippen LogP contribution in [0.25, 0.3) is 0 Å². The lowest BCUT2D eigenvalue weighted by atomic mass is 10.1. The van der Waals surface area contributed by atoms with Gasteiger partial charge in [-0.2, -0.15) is 0 Å². The quantitative estimate of drug-likeness (QED) is 0.631. The summed E-state index contributed by atoms with van der Waals surface area (Å²) in [5.74, 6) is 1.86. The number of rotatable bonds is 4. The van der Waals surface area contributed by atoms with Crippen molar-refractivity contribution in [3.05, 3.63) is 54.1 Å². The first-order valence-corrected chi connectivity index (χ1v) is 6.92. The van der Waals surface area contributed by atoms with E-state index in [2.05, 4.69) is 0 Å². The molecule has 96 valence electrons. The predicted octanol–water partition coefficient (Wildman–Crippen LogP) is 3.39. The number of hydrogen-bond acceptors (Lipinski definition) is 4. The Morgan fingerprint density at radius 1 is 1.05 bits per heavy atom. The molecule has 0 radical (unpaired) electrons. The van der Waals surface area contributed by atoms with Crippen molar-refractivity contribution in [1.82, 2.24) is 0 Å². The second-order valence-corrected chi connectivity index (χ2v) is 5.14. The second kappa shape index (κ2) is 5.36. The number of fused-ring (bicyclic) bond motifs is 1. The number of thioether (sulfide) groups is 1. The zero-order valence-electron chi connectivity index (χ0n) is 10.2. The third kappa shape index (κ3) is 2.74. The van der Waals surface area contributed by atoms with Crippen LogP contribution < -0.4 is 9.47 Å². The van der Waals surface area contributed by atoms with Gasteiger partial charge in [-0.1, -0.05) is 18.2 Å². The van der Waals surface area contributed by atoms with Crippen LogP contribution in [0.15, 0.2) is 53.4 Å². The topological polar surface area (TPSA) is 35.5 Å². The van der Waals surface area contributed by atoms with Gasteiger partial charge in [0.05, 0.1) is 5.75 Å². The van der Waals surface area contributed by atoms with Gasteiger partial charge in [0.25, 0.3) is 0 Å². The first-order valence-electron chi connectivity index (χ1n) is 5.93. The van der Waals surface area contributed by atoms with Crippen molar-refractivity contribution < 1.29 is 14.3 Å². The van der Waals surface area contributed by atoms with Gasteiger partial charge in [0.1, 0.15) is 0 Å². The van der Waals surface area contributed by atoms with Crippen LogP contribution in [0.1, 0.15) is 10.4 Å².